The molecular formula is C20H19FN6O4S. The Labute approximate surface area is 183 Å². The predicted molar refractivity (Wildman–Crippen MR) is 115 cm³/mol. The van der Waals surface area contributed by atoms with Crippen LogP contribution in [0.5, 0.6) is 0 Å². The molecule has 0 radical (unpaired) electrons. The van der Waals surface area contributed by atoms with E-state index < -0.39 is 20.8 Å². The number of nitriles is 1. The van der Waals surface area contributed by atoms with Crippen LogP contribution in [0.2, 0.25) is 0 Å². The van der Waals surface area contributed by atoms with E-state index in [2.05, 4.69) is 9.82 Å². The molecule has 0 amide bonds. The van der Waals surface area contributed by atoms with Crippen LogP contribution in [-0.4, -0.2) is 29.7 Å². The second-order valence-corrected chi connectivity index (χ2v) is 8.69. The highest BCUT2D eigenvalue weighted by molar-refractivity contribution is 7.88. The van der Waals surface area contributed by atoms with Gasteiger partial charge in [0, 0.05) is 18.7 Å². The topological polar surface area (TPSA) is 157 Å². The maximum atomic E-state index is 13.1. The molecule has 32 heavy (non-hydrogen) atoms. The second kappa shape index (κ2) is 9.54. The average molecular weight is 458 g/mol. The van der Waals surface area contributed by atoms with Gasteiger partial charge in [-0.1, -0.05) is 12.1 Å². The summed E-state index contributed by atoms with van der Waals surface area (Å²) >= 11 is 0. The van der Waals surface area contributed by atoms with Crippen molar-refractivity contribution in [3.05, 3.63) is 81.3 Å². The van der Waals surface area contributed by atoms with E-state index in [0.717, 1.165) is 0 Å². The molecule has 0 saturated carbocycles. The van der Waals surface area contributed by atoms with E-state index in [1.54, 1.807) is 0 Å². The van der Waals surface area contributed by atoms with E-state index in [1.807, 2.05) is 6.07 Å². The lowest BCUT2D eigenvalue weighted by Crippen LogP contribution is -2.26. The molecule has 0 aliphatic carbocycles. The Hall–Kier alpha value is -3.82. The normalized spacial score (nSPS) is 11.2. The summed E-state index contributed by atoms with van der Waals surface area (Å²) in [6.45, 7) is 0.101. The smallest absolute Gasteiger partial charge is 0.269 e. The van der Waals surface area contributed by atoms with E-state index >= 15 is 0 Å². The highest BCUT2D eigenvalue weighted by Crippen LogP contribution is 2.22. The number of nitro groups is 1. The van der Waals surface area contributed by atoms with Crippen LogP contribution in [0.25, 0.3) is 5.69 Å². The number of hydrogen-bond donors (Lipinski definition) is 2. The number of nitrogens with two attached hydrogens (primary N) is 1. The number of aromatic nitrogens is 2. The molecule has 0 saturated heterocycles. The number of rotatable bonds is 9. The standard InChI is InChI=1S/C20H19FN6O4S/c21-15-5-9-16(10-6-15)26-20(23)18(12-22)19(25-26)2-1-11-24-32(30,31)13-14-3-7-17(8-4-14)27(28)29/h3-10,24H,1-2,11,13,23H2. The lowest BCUT2D eigenvalue weighted by atomic mass is 10.1. The van der Waals surface area contributed by atoms with Gasteiger partial charge in [0.2, 0.25) is 10.0 Å². The van der Waals surface area contributed by atoms with Crippen LogP contribution < -0.4 is 10.5 Å². The van der Waals surface area contributed by atoms with Crippen LogP contribution in [0.15, 0.2) is 48.5 Å². The maximum Gasteiger partial charge on any atom is 0.269 e. The fraction of sp³-hybridized carbons (Fsp3) is 0.200. The highest BCUT2D eigenvalue weighted by Gasteiger charge is 2.17. The maximum absolute atomic E-state index is 13.1. The summed E-state index contributed by atoms with van der Waals surface area (Å²) in [6.07, 6.45) is 0.648. The SMILES string of the molecule is N#Cc1c(CCCNS(=O)(=O)Cc2ccc([N+](=O)[O-])cc2)nn(-c2ccc(F)cc2)c1N. The minimum absolute atomic E-state index is 0.101. The first kappa shape index (κ1) is 22.9. The van der Waals surface area contributed by atoms with Crippen molar-refractivity contribution in [1.29, 1.82) is 5.26 Å². The molecule has 0 fully saturated rings. The number of halogens is 1. The zero-order valence-electron chi connectivity index (χ0n) is 16.7. The molecule has 12 heteroatoms. The number of benzene rings is 2. The molecule has 3 aromatic rings. The number of nitrogens with one attached hydrogen (secondary N) is 1. The summed E-state index contributed by atoms with van der Waals surface area (Å²) in [5.41, 5.74) is 7.39. The van der Waals surface area contributed by atoms with E-state index in [4.69, 9.17) is 5.73 Å². The van der Waals surface area contributed by atoms with Gasteiger partial charge in [-0.3, -0.25) is 10.1 Å². The summed E-state index contributed by atoms with van der Waals surface area (Å²) in [5, 5.41) is 24.4. The van der Waals surface area contributed by atoms with Gasteiger partial charge < -0.3 is 5.73 Å². The van der Waals surface area contributed by atoms with Crippen molar-refractivity contribution in [1.82, 2.24) is 14.5 Å². The molecule has 0 spiro atoms. The molecule has 3 rings (SSSR count). The third-order valence-electron chi connectivity index (χ3n) is 4.59. The first-order valence-electron chi connectivity index (χ1n) is 9.44. The monoisotopic (exact) mass is 458 g/mol. The van der Waals surface area contributed by atoms with Crippen molar-refractivity contribution in [3.63, 3.8) is 0 Å². The number of anilines is 1. The van der Waals surface area contributed by atoms with Crippen LogP contribution in [0.4, 0.5) is 15.9 Å². The van der Waals surface area contributed by atoms with Gasteiger partial charge in [-0.25, -0.2) is 22.2 Å². The van der Waals surface area contributed by atoms with E-state index in [-0.39, 0.29) is 29.4 Å². The van der Waals surface area contributed by atoms with Crippen LogP contribution >= 0.6 is 0 Å². The van der Waals surface area contributed by atoms with Gasteiger partial charge in [-0.15, -0.1) is 0 Å². The average Bonchev–Trinajstić information content (AvgIpc) is 3.07. The molecule has 1 aromatic heterocycles. The fourth-order valence-corrected chi connectivity index (χ4v) is 4.21. The molecule has 0 atom stereocenters. The van der Waals surface area contributed by atoms with Gasteiger partial charge >= 0.3 is 0 Å². The van der Waals surface area contributed by atoms with Crippen molar-refractivity contribution in [2.45, 2.75) is 18.6 Å². The number of non-ortho nitro benzene ring substituents is 1. The van der Waals surface area contributed by atoms with Crippen molar-refractivity contribution >= 4 is 21.5 Å². The largest absolute Gasteiger partial charge is 0.382 e. The van der Waals surface area contributed by atoms with Crippen LogP contribution in [0.3, 0.4) is 0 Å². The molecule has 0 bridgehead atoms. The fourth-order valence-electron chi connectivity index (χ4n) is 3.02. The van der Waals surface area contributed by atoms with Gasteiger partial charge in [0.1, 0.15) is 23.3 Å². The van der Waals surface area contributed by atoms with Gasteiger partial charge in [0.15, 0.2) is 0 Å². The predicted octanol–water partition coefficient (Wildman–Crippen LogP) is 2.43. The Bertz CT molecular complexity index is 1270. The second-order valence-electron chi connectivity index (χ2n) is 6.89. The van der Waals surface area contributed by atoms with Crippen LogP contribution in [-0.2, 0) is 22.2 Å². The van der Waals surface area contributed by atoms with E-state index in [0.29, 0.717) is 29.8 Å². The first-order valence-corrected chi connectivity index (χ1v) is 11.1. The molecule has 0 aliphatic rings. The van der Waals surface area contributed by atoms with E-state index in [9.17, 15) is 28.2 Å². The molecular weight excluding hydrogens is 439 g/mol. The zero-order chi connectivity index (χ0) is 23.3. The Balaban J connectivity index is 1.60. The van der Waals surface area contributed by atoms with Crippen molar-refractivity contribution in [3.8, 4) is 11.8 Å². The number of nitrogens with zero attached hydrogens (tertiary/aromatic N) is 4. The Kier molecular flexibility index (Phi) is 6.82. The first-order chi connectivity index (χ1) is 15.2. The Morgan fingerprint density at radius 1 is 1.19 bits per heavy atom. The zero-order valence-corrected chi connectivity index (χ0v) is 17.5. The summed E-state index contributed by atoms with van der Waals surface area (Å²) in [7, 11) is -3.66. The molecule has 166 valence electrons. The van der Waals surface area contributed by atoms with Gasteiger partial charge in [0.05, 0.1) is 22.1 Å². The number of sulfonamides is 1. The summed E-state index contributed by atoms with van der Waals surface area (Å²) < 4.78 is 41.5. The van der Waals surface area contributed by atoms with Gasteiger partial charge in [-0.05, 0) is 42.7 Å². The number of aryl methyl sites for hydroxylation is 1. The molecule has 1 heterocycles. The van der Waals surface area contributed by atoms with Crippen molar-refractivity contribution in [2.24, 2.45) is 0 Å². The van der Waals surface area contributed by atoms with E-state index in [1.165, 1.54) is 53.2 Å². The third kappa shape index (κ3) is 5.45. The van der Waals surface area contributed by atoms with Crippen LogP contribution in [0.1, 0.15) is 23.2 Å². The minimum Gasteiger partial charge on any atom is -0.382 e. The lowest BCUT2D eigenvalue weighted by Gasteiger charge is -2.06. The van der Waals surface area contributed by atoms with Crippen molar-refractivity contribution < 1.29 is 17.7 Å². The number of nitrogen functional groups attached to an aromatic ring is 1. The number of nitro benzene ring substituents is 1. The molecule has 0 unspecified atom stereocenters. The van der Waals surface area contributed by atoms with Gasteiger partial charge in [-0.2, -0.15) is 10.4 Å². The van der Waals surface area contributed by atoms with Crippen molar-refractivity contribution in [2.75, 3.05) is 12.3 Å². The molecule has 10 nitrogen and oxygen atoms in total. The summed E-state index contributed by atoms with van der Waals surface area (Å²) in [5.74, 6) is -0.616. The highest BCUT2D eigenvalue weighted by atomic mass is 32.2. The summed E-state index contributed by atoms with van der Waals surface area (Å²) in [6, 6.07) is 12.7. The summed E-state index contributed by atoms with van der Waals surface area (Å²) in [4.78, 5) is 10.1. The lowest BCUT2D eigenvalue weighted by molar-refractivity contribution is -0.384. The quantitative estimate of drug-likeness (QED) is 0.283. The Morgan fingerprint density at radius 3 is 2.44 bits per heavy atom. The number of hydrogen-bond acceptors (Lipinski definition) is 7. The Morgan fingerprint density at radius 2 is 1.84 bits per heavy atom. The molecule has 3 N–H and O–H groups in total. The minimum atomic E-state index is -3.66. The third-order valence-corrected chi connectivity index (χ3v) is 5.95. The molecule has 2 aromatic carbocycles. The van der Waals surface area contributed by atoms with Gasteiger partial charge in [0.25, 0.3) is 5.69 Å². The molecule has 0 aliphatic heterocycles. The van der Waals surface area contributed by atoms with Crippen LogP contribution in [0, 0.1) is 27.3 Å².